The van der Waals surface area contributed by atoms with Crippen LogP contribution in [0, 0.1) is 12.3 Å². The molecule has 0 aliphatic carbocycles. The van der Waals surface area contributed by atoms with Crippen LogP contribution in [0.4, 0.5) is 5.95 Å². The largest absolute Gasteiger partial charge is 0.481 e. The van der Waals surface area contributed by atoms with Crippen molar-refractivity contribution in [2.45, 2.75) is 33.6 Å². The van der Waals surface area contributed by atoms with Gasteiger partial charge in [-0.05, 0) is 18.4 Å². The lowest BCUT2D eigenvalue weighted by Crippen LogP contribution is -2.25. The molecule has 7 heteroatoms. The summed E-state index contributed by atoms with van der Waals surface area (Å²) in [5.41, 5.74) is 0.00360. The number of anilines is 1. The van der Waals surface area contributed by atoms with Crippen LogP contribution in [0.2, 0.25) is 5.15 Å². The fourth-order valence-electron chi connectivity index (χ4n) is 1.66. The zero-order valence-corrected chi connectivity index (χ0v) is 11.8. The number of hydrogen-bond donors (Lipinski definition) is 2. The van der Waals surface area contributed by atoms with E-state index in [1.807, 2.05) is 0 Å². The second-order valence-electron chi connectivity index (χ2n) is 5.12. The molecule has 1 aromatic rings. The third-order valence-corrected chi connectivity index (χ3v) is 2.54. The predicted octanol–water partition coefficient (Wildman–Crippen LogP) is 2.27. The number of hydrogen-bond acceptors (Lipinski definition) is 4. The van der Waals surface area contributed by atoms with E-state index < -0.39 is 11.4 Å². The first kappa shape index (κ1) is 15.4. The molecule has 0 atom stereocenters. The third kappa shape index (κ3) is 5.65. The number of halogens is 1. The Hall–Kier alpha value is -1.69. The topological polar surface area (TPSA) is 92.2 Å². The molecule has 2 N–H and O–H groups in total. The summed E-state index contributed by atoms with van der Waals surface area (Å²) in [6, 6.07) is 1.57. The second kappa shape index (κ2) is 5.97. The lowest BCUT2D eigenvalue weighted by molar-refractivity contribution is -0.139. The summed E-state index contributed by atoms with van der Waals surface area (Å²) in [7, 11) is 0. The Morgan fingerprint density at radius 3 is 2.53 bits per heavy atom. The molecular weight excluding hydrogens is 270 g/mol. The highest BCUT2D eigenvalue weighted by Gasteiger charge is 2.25. The quantitative estimate of drug-likeness (QED) is 0.810. The number of aryl methyl sites for hydroxylation is 1. The molecule has 0 saturated carbocycles. The smallest absolute Gasteiger partial charge is 0.303 e. The summed E-state index contributed by atoms with van der Waals surface area (Å²) in [4.78, 5) is 30.4. The molecule has 0 spiro atoms. The lowest BCUT2D eigenvalue weighted by atomic mass is 9.85. The average molecular weight is 286 g/mol. The maximum Gasteiger partial charge on any atom is 0.303 e. The van der Waals surface area contributed by atoms with Gasteiger partial charge in [0.15, 0.2) is 0 Å². The molecular formula is C12H16ClN3O3. The number of amides is 1. The maximum atomic E-state index is 11.8. The van der Waals surface area contributed by atoms with Gasteiger partial charge in [-0.3, -0.25) is 14.9 Å². The molecule has 0 unspecified atom stereocenters. The maximum absolute atomic E-state index is 11.8. The Kier molecular flexibility index (Phi) is 4.83. The molecule has 104 valence electrons. The third-order valence-electron chi connectivity index (χ3n) is 2.34. The molecule has 1 rings (SSSR count). The highest BCUT2D eigenvalue weighted by atomic mass is 35.5. The van der Waals surface area contributed by atoms with Crippen LogP contribution < -0.4 is 5.32 Å². The zero-order valence-electron chi connectivity index (χ0n) is 11.0. The minimum absolute atomic E-state index is 0.0637. The van der Waals surface area contributed by atoms with Crippen LogP contribution in [0.25, 0.3) is 0 Å². The van der Waals surface area contributed by atoms with E-state index in [1.165, 1.54) is 0 Å². The van der Waals surface area contributed by atoms with Gasteiger partial charge in [0.2, 0.25) is 11.9 Å². The van der Waals surface area contributed by atoms with E-state index in [1.54, 1.807) is 26.8 Å². The number of carboxylic acid groups (broad SMARTS) is 1. The Morgan fingerprint density at radius 1 is 1.37 bits per heavy atom. The van der Waals surface area contributed by atoms with Gasteiger partial charge < -0.3 is 5.11 Å². The van der Waals surface area contributed by atoms with Crippen LogP contribution in [0.15, 0.2) is 6.07 Å². The highest BCUT2D eigenvalue weighted by molar-refractivity contribution is 6.29. The Morgan fingerprint density at radius 2 is 2.00 bits per heavy atom. The van der Waals surface area contributed by atoms with Crippen molar-refractivity contribution in [3.8, 4) is 0 Å². The monoisotopic (exact) mass is 285 g/mol. The van der Waals surface area contributed by atoms with Crippen LogP contribution in [0.5, 0.6) is 0 Å². The molecule has 19 heavy (non-hydrogen) atoms. The molecule has 0 aromatic carbocycles. The molecule has 1 aromatic heterocycles. The van der Waals surface area contributed by atoms with Crippen LogP contribution in [-0.4, -0.2) is 27.0 Å². The molecule has 0 fully saturated rings. The lowest BCUT2D eigenvalue weighted by Gasteiger charge is -2.21. The zero-order chi connectivity index (χ0) is 14.6. The van der Waals surface area contributed by atoms with Crippen molar-refractivity contribution < 1.29 is 14.7 Å². The fraction of sp³-hybridized carbons (Fsp3) is 0.500. The van der Waals surface area contributed by atoms with Crippen LogP contribution in [0.1, 0.15) is 32.4 Å². The minimum Gasteiger partial charge on any atom is -0.481 e. The number of nitrogens with zero attached hydrogens (tertiary/aromatic N) is 2. The summed E-state index contributed by atoms with van der Waals surface area (Å²) in [5, 5.41) is 11.5. The van der Waals surface area contributed by atoms with Gasteiger partial charge in [0.1, 0.15) is 5.15 Å². The molecule has 1 heterocycles. The summed E-state index contributed by atoms with van der Waals surface area (Å²) in [5.74, 6) is -1.15. The van der Waals surface area contributed by atoms with E-state index in [4.69, 9.17) is 16.7 Å². The van der Waals surface area contributed by atoms with Gasteiger partial charge in [-0.1, -0.05) is 25.4 Å². The van der Waals surface area contributed by atoms with Crippen molar-refractivity contribution >= 4 is 29.4 Å². The molecule has 1 amide bonds. The predicted molar refractivity (Wildman–Crippen MR) is 71.1 cm³/mol. The SMILES string of the molecule is Cc1cc(Cl)nc(NC(=O)CC(C)(C)CC(=O)O)n1. The van der Waals surface area contributed by atoms with Gasteiger partial charge in [-0.2, -0.15) is 0 Å². The summed E-state index contributed by atoms with van der Waals surface area (Å²) in [6.07, 6.45) is -0.0237. The van der Waals surface area contributed by atoms with Gasteiger partial charge in [-0.15, -0.1) is 0 Å². The van der Waals surface area contributed by atoms with Crippen molar-refractivity contribution in [2.24, 2.45) is 5.41 Å². The van der Waals surface area contributed by atoms with Crippen molar-refractivity contribution in [2.75, 3.05) is 5.32 Å². The van der Waals surface area contributed by atoms with Crippen LogP contribution in [-0.2, 0) is 9.59 Å². The summed E-state index contributed by atoms with van der Waals surface area (Å²) < 4.78 is 0. The van der Waals surface area contributed by atoms with E-state index >= 15 is 0 Å². The van der Waals surface area contributed by atoms with E-state index in [0.717, 1.165) is 0 Å². The number of nitrogens with one attached hydrogen (secondary N) is 1. The first-order valence-corrected chi connectivity index (χ1v) is 6.08. The van der Waals surface area contributed by atoms with Gasteiger partial charge >= 0.3 is 5.97 Å². The van der Waals surface area contributed by atoms with Crippen LogP contribution >= 0.6 is 11.6 Å². The molecule has 0 bridgehead atoms. The molecule has 6 nitrogen and oxygen atoms in total. The number of aromatic nitrogens is 2. The van der Waals surface area contributed by atoms with Gasteiger partial charge in [0.05, 0.1) is 6.42 Å². The number of carbonyl (C=O) groups is 2. The van der Waals surface area contributed by atoms with Gasteiger partial charge in [0, 0.05) is 12.1 Å². The number of carbonyl (C=O) groups excluding carboxylic acids is 1. The highest BCUT2D eigenvalue weighted by Crippen LogP contribution is 2.25. The number of carboxylic acids is 1. The van der Waals surface area contributed by atoms with E-state index in [9.17, 15) is 9.59 Å². The second-order valence-corrected chi connectivity index (χ2v) is 5.50. The molecule has 0 radical (unpaired) electrons. The normalized spacial score (nSPS) is 11.2. The fourth-order valence-corrected chi connectivity index (χ4v) is 1.90. The standard InChI is InChI=1S/C12H16ClN3O3/c1-7-4-8(13)15-11(14-7)16-9(17)5-12(2,3)6-10(18)19/h4H,5-6H2,1-3H3,(H,18,19)(H,14,15,16,17). The average Bonchev–Trinajstić information content (AvgIpc) is 2.10. The minimum atomic E-state index is -0.937. The van der Waals surface area contributed by atoms with Crippen molar-refractivity contribution in [3.05, 3.63) is 16.9 Å². The first-order chi connectivity index (χ1) is 8.68. The first-order valence-electron chi connectivity index (χ1n) is 5.71. The van der Waals surface area contributed by atoms with Crippen molar-refractivity contribution in [1.82, 2.24) is 9.97 Å². The van der Waals surface area contributed by atoms with E-state index in [-0.39, 0.29) is 29.9 Å². The number of rotatable bonds is 5. The summed E-state index contributed by atoms with van der Waals surface area (Å²) in [6.45, 7) is 5.16. The van der Waals surface area contributed by atoms with Crippen LogP contribution in [0.3, 0.4) is 0 Å². The van der Waals surface area contributed by atoms with E-state index in [0.29, 0.717) is 5.69 Å². The molecule has 0 saturated heterocycles. The van der Waals surface area contributed by atoms with E-state index in [2.05, 4.69) is 15.3 Å². The molecule has 0 aliphatic heterocycles. The van der Waals surface area contributed by atoms with Gasteiger partial charge in [0.25, 0.3) is 0 Å². The van der Waals surface area contributed by atoms with Crippen molar-refractivity contribution in [1.29, 1.82) is 0 Å². The molecule has 0 aliphatic rings. The summed E-state index contributed by atoms with van der Waals surface area (Å²) >= 11 is 5.76. The van der Waals surface area contributed by atoms with Crippen molar-refractivity contribution in [3.63, 3.8) is 0 Å². The van der Waals surface area contributed by atoms with Gasteiger partial charge in [-0.25, -0.2) is 9.97 Å². The Bertz CT molecular complexity index is 483. The Labute approximate surface area is 116 Å². The number of aliphatic carboxylic acids is 1. The Balaban J connectivity index is 2.67.